The van der Waals surface area contributed by atoms with Crippen LogP contribution in [-0.2, 0) is 11.8 Å². The zero-order valence-electron chi connectivity index (χ0n) is 6.95. The number of hydrogen-bond acceptors (Lipinski definition) is 0. The van der Waals surface area contributed by atoms with E-state index in [0.717, 1.165) is 16.6 Å². The van der Waals surface area contributed by atoms with Gasteiger partial charge in [-0.3, -0.25) is 0 Å². The van der Waals surface area contributed by atoms with Crippen LogP contribution in [0.15, 0.2) is 30.3 Å². The van der Waals surface area contributed by atoms with E-state index in [2.05, 4.69) is 0 Å². The average Bonchev–Trinajstić information content (AvgIpc) is 2.40. The number of para-hydroxylation sites is 1. The third kappa shape index (κ3) is 0.924. The number of fused-ring (bicyclic) bond motifs is 1. The van der Waals surface area contributed by atoms with Crippen molar-refractivity contribution in [1.29, 1.82) is 0 Å². The van der Waals surface area contributed by atoms with Crippen LogP contribution in [0.25, 0.3) is 10.9 Å². The summed E-state index contributed by atoms with van der Waals surface area (Å²) in [7, 11) is 0. The van der Waals surface area contributed by atoms with Crippen LogP contribution in [0.2, 0.25) is 0 Å². The van der Waals surface area contributed by atoms with Crippen LogP contribution in [0, 0.1) is 6.92 Å². The van der Waals surface area contributed by atoms with Crippen molar-refractivity contribution in [2.24, 2.45) is 0 Å². The van der Waals surface area contributed by atoms with E-state index in [9.17, 15) is 5.11 Å². The van der Waals surface area contributed by atoms with Crippen LogP contribution in [0.3, 0.4) is 0 Å². The molecule has 12 heavy (non-hydrogen) atoms. The van der Waals surface area contributed by atoms with Gasteiger partial charge in [-0.25, -0.2) is 5.11 Å². The molecule has 0 N–H and O–H groups in total. The van der Waals surface area contributed by atoms with Crippen molar-refractivity contribution in [2.45, 2.75) is 13.7 Å². The molecule has 0 saturated heterocycles. The minimum atomic E-state index is -0.195. The zero-order valence-corrected chi connectivity index (χ0v) is 6.95. The second-order valence-electron chi connectivity index (χ2n) is 2.90. The minimum Gasteiger partial charge on any atom is -0.318 e. The van der Waals surface area contributed by atoms with Gasteiger partial charge in [0.15, 0.2) is 6.73 Å². The van der Waals surface area contributed by atoms with E-state index < -0.39 is 0 Å². The highest BCUT2D eigenvalue weighted by atomic mass is 16.3. The van der Waals surface area contributed by atoms with Gasteiger partial charge < -0.3 is 4.57 Å². The summed E-state index contributed by atoms with van der Waals surface area (Å²) in [6, 6.07) is 9.97. The minimum absolute atomic E-state index is 0.195. The summed E-state index contributed by atoms with van der Waals surface area (Å²) in [6.07, 6.45) is 0. The van der Waals surface area contributed by atoms with Crippen molar-refractivity contribution in [2.75, 3.05) is 0 Å². The van der Waals surface area contributed by atoms with Gasteiger partial charge in [0.1, 0.15) is 0 Å². The molecule has 1 heterocycles. The molecule has 0 aliphatic heterocycles. The molecule has 61 valence electrons. The van der Waals surface area contributed by atoms with Crippen molar-refractivity contribution in [3.63, 3.8) is 0 Å². The molecule has 1 aromatic carbocycles. The van der Waals surface area contributed by atoms with Crippen molar-refractivity contribution in [1.82, 2.24) is 4.57 Å². The first kappa shape index (κ1) is 7.37. The van der Waals surface area contributed by atoms with Crippen LogP contribution in [0.5, 0.6) is 0 Å². The van der Waals surface area contributed by atoms with E-state index in [-0.39, 0.29) is 6.73 Å². The van der Waals surface area contributed by atoms with Crippen LogP contribution >= 0.6 is 0 Å². The highest BCUT2D eigenvalue weighted by Crippen LogP contribution is 2.18. The first-order valence-corrected chi connectivity index (χ1v) is 3.96. The van der Waals surface area contributed by atoms with E-state index in [4.69, 9.17) is 0 Å². The third-order valence-corrected chi connectivity index (χ3v) is 2.15. The number of hydrogen-bond donors (Lipinski definition) is 0. The Labute approximate surface area is 71.1 Å². The third-order valence-electron chi connectivity index (χ3n) is 2.15. The van der Waals surface area contributed by atoms with Gasteiger partial charge in [0, 0.05) is 5.69 Å². The molecule has 2 rings (SSSR count). The number of rotatable bonds is 1. The van der Waals surface area contributed by atoms with Crippen LogP contribution in [0.1, 0.15) is 5.69 Å². The SMILES string of the molecule is Cc1cc2ccccc2n1C[O]. The van der Waals surface area contributed by atoms with E-state index in [1.165, 1.54) is 0 Å². The molecule has 0 aliphatic carbocycles. The number of benzene rings is 1. The first-order valence-electron chi connectivity index (χ1n) is 3.96. The summed E-state index contributed by atoms with van der Waals surface area (Å²) >= 11 is 0. The van der Waals surface area contributed by atoms with Gasteiger partial charge in [0.25, 0.3) is 0 Å². The van der Waals surface area contributed by atoms with E-state index in [0.29, 0.717) is 0 Å². The van der Waals surface area contributed by atoms with Crippen LogP contribution in [0.4, 0.5) is 0 Å². The predicted octanol–water partition coefficient (Wildman–Crippen LogP) is 2.34. The fourth-order valence-electron chi connectivity index (χ4n) is 1.52. The Morgan fingerprint density at radius 3 is 2.83 bits per heavy atom. The van der Waals surface area contributed by atoms with Gasteiger partial charge in [-0.2, -0.15) is 0 Å². The zero-order chi connectivity index (χ0) is 8.55. The lowest BCUT2D eigenvalue weighted by atomic mass is 10.2. The fraction of sp³-hybridized carbons (Fsp3) is 0.200. The van der Waals surface area contributed by atoms with E-state index >= 15 is 0 Å². The summed E-state index contributed by atoms with van der Waals surface area (Å²) in [5.74, 6) is 0. The fourth-order valence-corrected chi connectivity index (χ4v) is 1.52. The monoisotopic (exact) mass is 160 g/mol. The van der Waals surface area contributed by atoms with E-state index in [1.807, 2.05) is 37.3 Å². The normalized spacial score (nSPS) is 10.8. The maximum atomic E-state index is 10.8. The smallest absolute Gasteiger partial charge is 0.158 e. The van der Waals surface area contributed by atoms with Gasteiger partial charge in [-0.15, -0.1) is 0 Å². The highest BCUT2D eigenvalue weighted by molar-refractivity contribution is 5.81. The summed E-state index contributed by atoms with van der Waals surface area (Å²) in [5.41, 5.74) is 2.07. The van der Waals surface area contributed by atoms with Gasteiger partial charge in [0.2, 0.25) is 0 Å². The maximum Gasteiger partial charge on any atom is 0.158 e. The Kier molecular flexibility index (Phi) is 1.62. The lowest BCUT2D eigenvalue weighted by molar-refractivity contribution is 0.121. The molecule has 0 unspecified atom stereocenters. The molecule has 0 amide bonds. The van der Waals surface area contributed by atoms with Gasteiger partial charge in [0.05, 0.1) is 5.52 Å². The Hall–Kier alpha value is -1.28. The molecule has 0 bridgehead atoms. The van der Waals surface area contributed by atoms with Crippen molar-refractivity contribution in [3.8, 4) is 0 Å². The molecule has 1 radical (unpaired) electrons. The molecule has 0 spiro atoms. The lowest BCUT2D eigenvalue weighted by Gasteiger charge is -1.99. The maximum absolute atomic E-state index is 10.8. The van der Waals surface area contributed by atoms with Crippen LogP contribution < -0.4 is 0 Å². The highest BCUT2D eigenvalue weighted by Gasteiger charge is 2.02. The molecule has 1 aromatic heterocycles. The summed E-state index contributed by atoms with van der Waals surface area (Å²) in [4.78, 5) is 0. The molecular formula is C10H10NO. The predicted molar refractivity (Wildman–Crippen MR) is 47.4 cm³/mol. The largest absolute Gasteiger partial charge is 0.318 e. The van der Waals surface area contributed by atoms with Gasteiger partial charge >= 0.3 is 0 Å². The number of nitrogens with zero attached hydrogens (tertiary/aromatic N) is 1. The molecule has 0 saturated carbocycles. The Balaban J connectivity index is 2.81. The molecule has 0 atom stereocenters. The molecular weight excluding hydrogens is 150 g/mol. The van der Waals surface area contributed by atoms with E-state index in [1.54, 1.807) is 4.57 Å². The summed E-state index contributed by atoms with van der Waals surface area (Å²) < 4.78 is 1.77. The Bertz CT molecular complexity index is 403. The van der Waals surface area contributed by atoms with Crippen molar-refractivity contribution < 1.29 is 5.11 Å². The number of aryl methyl sites for hydroxylation is 1. The average molecular weight is 160 g/mol. The molecule has 2 aromatic rings. The molecule has 0 fully saturated rings. The van der Waals surface area contributed by atoms with Gasteiger partial charge in [-0.05, 0) is 24.4 Å². The quantitative estimate of drug-likeness (QED) is 0.611. The Morgan fingerprint density at radius 1 is 1.33 bits per heavy atom. The topological polar surface area (TPSA) is 24.8 Å². The standard InChI is InChI=1S/C10H10NO/c1-8-6-9-4-2-3-5-10(9)11(8)7-12/h2-6H,7H2,1H3. The van der Waals surface area contributed by atoms with Crippen molar-refractivity contribution >= 4 is 10.9 Å². The molecule has 0 aliphatic rings. The molecule has 2 heteroatoms. The first-order chi connectivity index (χ1) is 5.83. The number of aromatic nitrogens is 1. The summed E-state index contributed by atoms with van der Waals surface area (Å²) in [6.45, 7) is 1.76. The summed E-state index contributed by atoms with van der Waals surface area (Å²) in [5, 5.41) is 11.9. The lowest BCUT2D eigenvalue weighted by Crippen LogP contribution is -1.96. The van der Waals surface area contributed by atoms with Crippen LogP contribution in [-0.4, -0.2) is 4.57 Å². The second kappa shape index (κ2) is 2.64. The van der Waals surface area contributed by atoms with Crippen molar-refractivity contribution in [3.05, 3.63) is 36.0 Å². The van der Waals surface area contributed by atoms with Gasteiger partial charge in [-0.1, -0.05) is 18.2 Å². The second-order valence-corrected chi connectivity index (χ2v) is 2.90. The molecule has 2 nitrogen and oxygen atoms in total. The Morgan fingerprint density at radius 2 is 2.08 bits per heavy atom.